The number of hydrogen-bond donors (Lipinski definition) is 0. The molecule has 16 heavy (non-hydrogen) atoms. The highest BCUT2D eigenvalue weighted by Crippen LogP contribution is 2.26. The summed E-state index contributed by atoms with van der Waals surface area (Å²) in [5.41, 5.74) is -3.15. The summed E-state index contributed by atoms with van der Waals surface area (Å²) in [6.07, 6.45) is 0. The Labute approximate surface area is 90.0 Å². The predicted octanol–water partition coefficient (Wildman–Crippen LogP) is 0.982. The van der Waals surface area contributed by atoms with Crippen molar-refractivity contribution in [1.82, 2.24) is 0 Å². The van der Waals surface area contributed by atoms with Crippen LogP contribution in [0.5, 0.6) is 0 Å². The highest BCUT2D eigenvalue weighted by Gasteiger charge is 2.63. The Morgan fingerprint density at radius 1 is 1.12 bits per heavy atom. The molecule has 1 aromatic carbocycles. The molecule has 7 nitrogen and oxygen atoms in total. The van der Waals surface area contributed by atoms with E-state index in [1.807, 2.05) is 0 Å². The lowest BCUT2D eigenvalue weighted by atomic mass is 9.97. The van der Waals surface area contributed by atoms with E-state index in [-0.39, 0.29) is 5.56 Å². The molecule has 0 amide bonds. The van der Waals surface area contributed by atoms with Crippen molar-refractivity contribution in [3.05, 3.63) is 56.1 Å². The van der Waals surface area contributed by atoms with Gasteiger partial charge >= 0.3 is 5.66 Å². The Balaban J connectivity index is 3.52. The Bertz CT molecular complexity index is 406. The van der Waals surface area contributed by atoms with Crippen LogP contribution in [0.4, 0.5) is 0 Å². The first-order chi connectivity index (χ1) is 7.44. The van der Waals surface area contributed by atoms with Crippen molar-refractivity contribution in [3.63, 3.8) is 0 Å². The fourth-order valence-electron chi connectivity index (χ4n) is 1.41. The van der Waals surface area contributed by atoms with Crippen molar-refractivity contribution in [3.8, 4) is 0 Å². The summed E-state index contributed by atoms with van der Waals surface area (Å²) in [6.45, 7) is 0.832. The summed E-state index contributed by atoms with van der Waals surface area (Å²) in [5, 5.41) is 21.7. The molecule has 0 unspecified atom stereocenters. The average Bonchev–Trinajstić information content (AvgIpc) is 2.18. The van der Waals surface area contributed by atoms with Crippen molar-refractivity contribution < 1.29 is 14.6 Å². The van der Waals surface area contributed by atoms with Crippen molar-refractivity contribution >= 4 is 5.78 Å². The first-order valence-corrected chi connectivity index (χ1v) is 4.29. The zero-order chi connectivity index (χ0) is 12.3. The van der Waals surface area contributed by atoms with Crippen molar-refractivity contribution in [2.45, 2.75) is 12.6 Å². The van der Waals surface area contributed by atoms with Gasteiger partial charge in [0.05, 0.1) is 0 Å². The molecule has 0 fully saturated rings. The van der Waals surface area contributed by atoms with Gasteiger partial charge in [0, 0.05) is 6.92 Å². The molecule has 7 heteroatoms. The van der Waals surface area contributed by atoms with Gasteiger partial charge in [0.15, 0.2) is 0 Å². The highest BCUT2D eigenvalue weighted by atomic mass is 16.7. The third kappa shape index (κ3) is 1.52. The van der Waals surface area contributed by atoms with Crippen LogP contribution in [0.3, 0.4) is 0 Å². The van der Waals surface area contributed by atoms with E-state index in [1.54, 1.807) is 6.07 Å². The molecule has 0 aliphatic heterocycles. The second-order valence-corrected chi connectivity index (χ2v) is 3.11. The third-order valence-electron chi connectivity index (χ3n) is 2.20. The molecule has 0 radical (unpaired) electrons. The molecule has 0 saturated carbocycles. The Hall–Kier alpha value is -2.31. The lowest BCUT2D eigenvalue weighted by molar-refractivity contribution is -0.788. The second-order valence-electron chi connectivity index (χ2n) is 3.11. The quantitative estimate of drug-likeness (QED) is 0.430. The Morgan fingerprint density at radius 3 is 1.88 bits per heavy atom. The van der Waals surface area contributed by atoms with Crippen molar-refractivity contribution in [2.75, 3.05) is 0 Å². The monoisotopic (exact) mass is 224 g/mol. The predicted molar refractivity (Wildman–Crippen MR) is 52.8 cm³/mol. The van der Waals surface area contributed by atoms with Crippen LogP contribution in [0, 0.1) is 20.2 Å². The van der Waals surface area contributed by atoms with Gasteiger partial charge in [-0.2, -0.15) is 0 Å². The number of ketones is 1. The largest absolute Gasteiger partial charge is 0.541 e. The molecule has 0 N–H and O–H groups in total. The van der Waals surface area contributed by atoms with Crippen molar-refractivity contribution in [2.24, 2.45) is 0 Å². The molecular formula is C9H8N2O5. The molecule has 1 aromatic rings. The van der Waals surface area contributed by atoms with E-state index < -0.39 is 21.3 Å². The maximum atomic E-state index is 11.3. The number of hydrogen-bond acceptors (Lipinski definition) is 5. The second kappa shape index (κ2) is 4.05. The van der Waals surface area contributed by atoms with Gasteiger partial charge in [-0.25, -0.2) is 0 Å². The van der Waals surface area contributed by atoms with Crippen LogP contribution in [0.25, 0.3) is 0 Å². The first kappa shape index (κ1) is 11.8. The average molecular weight is 224 g/mol. The van der Waals surface area contributed by atoms with Crippen LogP contribution >= 0.6 is 0 Å². The van der Waals surface area contributed by atoms with E-state index in [1.165, 1.54) is 24.3 Å². The molecule has 0 bridgehead atoms. The minimum atomic E-state index is -2.90. The molecule has 0 spiro atoms. The van der Waals surface area contributed by atoms with Gasteiger partial charge in [-0.05, 0) is 12.1 Å². The lowest BCUT2D eigenvalue weighted by Gasteiger charge is -2.13. The molecule has 0 atom stereocenters. The zero-order valence-electron chi connectivity index (χ0n) is 8.32. The van der Waals surface area contributed by atoms with Gasteiger partial charge in [0.25, 0.3) is 5.78 Å². The van der Waals surface area contributed by atoms with Crippen LogP contribution in [0.2, 0.25) is 0 Å². The van der Waals surface area contributed by atoms with Gasteiger partial charge in [-0.3, -0.25) is 25.0 Å². The summed E-state index contributed by atoms with van der Waals surface area (Å²) >= 11 is 0. The smallest absolute Gasteiger partial charge is 0.283 e. The first-order valence-electron chi connectivity index (χ1n) is 4.29. The van der Waals surface area contributed by atoms with Gasteiger partial charge < -0.3 is 0 Å². The minimum absolute atomic E-state index is 0.252. The van der Waals surface area contributed by atoms with Crippen molar-refractivity contribution in [1.29, 1.82) is 0 Å². The number of rotatable bonds is 4. The summed E-state index contributed by atoms with van der Waals surface area (Å²) in [6, 6.07) is 6.73. The van der Waals surface area contributed by atoms with Gasteiger partial charge in [-0.1, -0.05) is 18.2 Å². The van der Waals surface area contributed by atoms with Crippen LogP contribution in [0.15, 0.2) is 30.3 Å². The van der Waals surface area contributed by atoms with E-state index in [4.69, 9.17) is 0 Å². The van der Waals surface area contributed by atoms with Crippen LogP contribution in [-0.4, -0.2) is 15.6 Å². The molecule has 0 aliphatic rings. The van der Waals surface area contributed by atoms with Gasteiger partial charge in [-0.15, -0.1) is 0 Å². The third-order valence-corrected chi connectivity index (χ3v) is 2.20. The molecule has 84 valence electrons. The molecule has 0 aliphatic carbocycles. The van der Waals surface area contributed by atoms with E-state index in [2.05, 4.69) is 0 Å². The number of nitrogens with zero attached hydrogens (tertiary/aromatic N) is 2. The Kier molecular flexibility index (Phi) is 2.98. The number of Topliss-reactive ketones (excluding diaryl/α,β-unsaturated/α-hetero) is 1. The summed E-state index contributed by atoms with van der Waals surface area (Å²) in [4.78, 5) is 30.6. The molecule has 0 aromatic heterocycles. The fraction of sp³-hybridized carbons (Fsp3) is 0.222. The van der Waals surface area contributed by atoms with Crippen LogP contribution in [-0.2, 0) is 10.5 Å². The molecule has 0 saturated heterocycles. The van der Waals surface area contributed by atoms with E-state index in [9.17, 15) is 25.0 Å². The van der Waals surface area contributed by atoms with E-state index >= 15 is 0 Å². The highest BCUT2D eigenvalue weighted by molar-refractivity contribution is 5.84. The topological polar surface area (TPSA) is 103 Å². The fourth-order valence-corrected chi connectivity index (χ4v) is 1.41. The Morgan fingerprint density at radius 2 is 1.56 bits per heavy atom. The minimum Gasteiger partial charge on any atom is -0.283 e. The molecule has 0 heterocycles. The lowest BCUT2D eigenvalue weighted by Crippen LogP contribution is -2.49. The number of benzene rings is 1. The van der Waals surface area contributed by atoms with Crippen LogP contribution in [0.1, 0.15) is 12.5 Å². The van der Waals surface area contributed by atoms with Gasteiger partial charge in [0.1, 0.15) is 15.4 Å². The molecule has 1 rings (SSSR count). The van der Waals surface area contributed by atoms with E-state index in [0.717, 1.165) is 6.92 Å². The molecular weight excluding hydrogens is 216 g/mol. The van der Waals surface area contributed by atoms with E-state index in [0.29, 0.717) is 0 Å². The normalized spacial score (nSPS) is 10.8. The summed E-state index contributed by atoms with van der Waals surface area (Å²) in [7, 11) is 0. The van der Waals surface area contributed by atoms with Gasteiger partial charge in [0.2, 0.25) is 0 Å². The van der Waals surface area contributed by atoms with Crippen LogP contribution < -0.4 is 0 Å². The SMILES string of the molecule is CC(=O)C(c1ccccc1)([N+](=O)[O-])[N+](=O)[O-]. The zero-order valence-corrected chi connectivity index (χ0v) is 8.32. The summed E-state index contributed by atoms with van der Waals surface area (Å²) in [5.74, 6) is -1.13. The standard InChI is InChI=1S/C9H8N2O5/c1-7(12)9(10(13)14,11(15)16)8-5-3-2-4-6-8/h2-6H,1H3. The number of carbonyl (C=O) groups excluding carboxylic acids is 1. The maximum absolute atomic E-state index is 11.3. The number of carbonyl (C=O) groups is 1. The number of nitro groups is 2. The summed E-state index contributed by atoms with van der Waals surface area (Å²) < 4.78 is 0. The maximum Gasteiger partial charge on any atom is 0.541 e.